The Kier molecular flexibility index (Phi) is 5.77. The molecule has 37 heavy (non-hydrogen) atoms. The Hall–Kier alpha value is -3.69. The van der Waals surface area contributed by atoms with E-state index in [1.54, 1.807) is 18.2 Å². The summed E-state index contributed by atoms with van der Waals surface area (Å²) in [4.78, 5) is 35.9. The molecule has 6 rings (SSSR count). The van der Waals surface area contributed by atoms with Gasteiger partial charge in [-0.2, -0.15) is 0 Å². The van der Waals surface area contributed by atoms with Crippen LogP contribution in [0, 0.1) is 0 Å². The summed E-state index contributed by atoms with van der Waals surface area (Å²) in [7, 11) is 1.95. The van der Waals surface area contributed by atoms with E-state index in [0.717, 1.165) is 26.5 Å². The van der Waals surface area contributed by atoms with Gasteiger partial charge in [0.25, 0.3) is 5.78 Å². The monoisotopic (exact) mass is 531 g/mol. The number of aliphatic hydroxyl groups is 1. The van der Waals surface area contributed by atoms with Gasteiger partial charge in [0.05, 0.1) is 28.0 Å². The maximum Gasteiger partial charge on any atom is 0.301 e. The average molecular weight is 532 g/mol. The van der Waals surface area contributed by atoms with Crippen molar-refractivity contribution in [2.45, 2.75) is 25.8 Å². The molecule has 1 atom stereocenters. The predicted octanol–water partition coefficient (Wildman–Crippen LogP) is 5.94. The normalized spacial score (nSPS) is 19.1. The minimum Gasteiger partial charge on any atom is -0.507 e. The fraction of sp³-hybridized carbons (Fsp3) is 0.250. The van der Waals surface area contributed by atoms with Crippen molar-refractivity contribution < 1.29 is 19.4 Å². The Bertz CT molecular complexity index is 1570. The van der Waals surface area contributed by atoms with E-state index >= 15 is 0 Å². The van der Waals surface area contributed by atoms with Crippen LogP contribution in [0.5, 0.6) is 5.75 Å². The van der Waals surface area contributed by atoms with Gasteiger partial charge >= 0.3 is 5.91 Å². The zero-order valence-corrected chi connectivity index (χ0v) is 22.2. The van der Waals surface area contributed by atoms with Crippen LogP contribution in [0.4, 0.5) is 10.8 Å². The third kappa shape index (κ3) is 3.89. The number of fused-ring (bicyclic) bond motifs is 2. The van der Waals surface area contributed by atoms with Crippen LogP contribution in [0.3, 0.4) is 0 Å². The first kappa shape index (κ1) is 23.7. The molecule has 1 N–H and O–H groups in total. The highest BCUT2D eigenvalue weighted by atomic mass is 32.1. The van der Waals surface area contributed by atoms with Gasteiger partial charge in [0, 0.05) is 17.5 Å². The molecule has 0 bridgehead atoms. The van der Waals surface area contributed by atoms with Crippen molar-refractivity contribution in [3.63, 3.8) is 0 Å². The van der Waals surface area contributed by atoms with Crippen LogP contribution in [0.15, 0.2) is 59.5 Å². The van der Waals surface area contributed by atoms with Crippen LogP contribution in [-0.2, 0) is 9.59 Å². The van der Waals surface area contributed by atoms with Gasteiger partial charge in [-0.05, 0) is 53.3 Å². The van der Waals surface area contributed by atoms with Gasteiger partial charge in [-0.15, -0.1) is 11.3 Å². The Balaban J connectivity index is 1.50. The molecule has 0 aliphatic carbocycles. The molecule has 2 aliphatic heterocycles. The number of thiophene rings is 1. The molecule has 2 aliphatic rings. The van der Waals surface area contributed by atoms with Gasteiger partial charge in [0.1, 0.15) is 24.2 Å². The number of aliphatic hydroxyl groups excluding tert-OH is 1. The van der Waals surface area contributed by atoms with Gasteiger partial charge in [-0.3, -0.25) is 14.5 Å². The molecular formula is C28H25N3O4S2. The van der Waals surface area contributed by atoms with E-state index in [9.17, 15) is 14.7 Å². The lowest BCUT2D eigenvalue weighted by atomic mass is 9.99. The number of anilines is 2. The van der Waals surface area contributed by atoms with E-state index in [0.29, 0.717) is 29.8 Å². The smallest absolute Gasteiger partial charge is 0.301 e. The summed E-state index contributed by atoms with van der Waals surface area (Å²) >= 11 is 2.81. The summed E-state index contributed by atoms with van der Waals surface area (Å²) in [5.74, 6) is -0.543. The quantitative estimate of drug-likeness (QED) is 0.200. The second-order valence-electron chi connectivity index (χ2n) is 9.52. The van der Waals surface area contributed by atoms with Crippen molar-refractivity contribution in [3.05, 3.63) is 75.5 Å². The van der Waals surface area contributed by atoms with Crippen LogP contribution >= 0.6 is 22.7 Å². The number of carbonyl (C=O) groups excluding carboxylic acids is 2. The van der Waals surface area contributed by atoms with Crippen LogP contribution in [0.25, 0.3) is 16.0 Å². The number of amides is 1. The molecule has 0 saturated carbocycles. The molecule has 0 radical (unpaired) electrons. The maximum absolute atomic E-state index is 13.5. The second-order valence-corrected chi connectivity index (χ2v) is 11.5. The summed E-state index contributed by atoms with van der Waals surface area (Å²) in [5.41, 5.74) is 3.30. The van der Waals surface area contributed by atoms with Gasteiger partial charge in [0.15, 0.2) is 5.13 Å². The SMILES string of the molecule is CC(C)c1ccc2nc(N3C(=O)C(=O)/C(=C(/O)c4ccc5c(c4)N(C)CCO5)C3c3cccs3)sc2c1. The predicted molar refractivity (Wildman–Crippen MR) is 148 cm³/mol. The number of nitrogens with zero attached hydrogens (tertiary/aromatic N) is 3. The van der Waals surface area contributed by atoms with E-state index in [2.05, 4.69) is 19.9 Å². The van der Waals surface area contributed by atoms with Crippen molar-refractivity contribution in [1.82, 2.24) is 4.98 Å². The fourth-order valence-electron chi connectivity index (χ4n) is 4.79. The van der Waals surface area contributed by atoms with Crippen molar-refractivity contribution in [3.8, 4) is 5.75 Å². The third-order valence-electron chi connectivity index (χ3n) is 6.86. The van der Waals surface area contributed by atoms with Gasteiger partial charge < -0.3 is 14.7 Å². The number of carbonyl (C=O) groups is 2. The minimum atomic E-state index is -0.768. The minimum absolute atomic E-state index is 0.0638. The molecule has 0 spiro atoms. The number of ether oxygens (including phenoxy) is 1. The fourth-order valence-corrected chi connectivity index (χ4v) is 6.65. The number of hydrogen-bond acceptors (Lipinski definition) is 8. The first-order valence-corrected chi connectivity index (χ1v) is 13.8. The first-order chi connectivity index (χ1) is 17.8. The molecule has 4 heterocycles. The first-order valence-electron chi connectivity index (χ1n) is 12.1. The number of Topliss-reactive ketones (excluding diaryl/α,β-unsaturated/α-hetero) is 1. The van der Waals surface area contributed by atoms with Crippen molar-refractivity contribution in [2.24, 2.45) is 0 Å². The van der Waals surface area contributed by atoms with Crippen molar-refractivity contribution >= 4 is 61.2 Å². The van der Waals surface area contributed by atoms with Crippen LogP contribution in [-0.4, -0.2) is 42.0 Å². The van der Waals surface area contributed by atoms with E-state index in [4.69, 9.17) is 9.72 Å². The third-order valence-corrected chi connectivity index (χ3v) is 8.80. The Morgan fingerprint density at radius 2 is 2.00 bits per heavy atom. The largest absolute Gasteiger partial charge is 0.507 e. The van der Waals surface area contributed by atoms with Crippen LogP contribution in [0.1, 0.15) is 41.8 Å². The highest BCUT2D eigenvalue weighted by Gasteiger charge is 2.48. The molecule has 1 unspecified atom stereocenters. The van der Waals surface area contributed by atoms with Crippen LogP contribution < -0.4 is 14.5 Å². The highest BCUT2D eigenvalue weighted by molar-refractivity contribution is 7.22. The molecule has 9 heteroatoms. The summed E-state index contributed by atoms with van der Waals surface area (Å²) in [5, 5.41) is 13.8. The van der Waals surface area contributed by atoms with Gasteiger partial charge in [-0.1, -0.05) is 37.3 Å². The lowest BCUT2D eigenvalue weighted by molar-refractivity contribution is -0.132. The standard InChI is InChI=1S/C28H25N3O4S2/c1-15(2)16-6-8-18-22(14-16)37-28(29-18)31-24(21-5-4-12-36-21)23(26(33)27(31)34)25(32)17-7-9-20-19(13-17)30(3)10-11-35-20/h4-9,12-15,24,32H,10-11H2,1-3H3/b25-23+. The number of ketones is 1. The van der Waals surface area contributed by atoms with E-state index < -0.39 is 17.7 Å². The number of aromatic nitrogens is 1. The average Bonchev–Trinajstić information content (AvgIpc) is 3.62. The Morgan fingerprint density at radius 3 is 2.76 bits per heavy atom. The highest BCUT2D eigenvalue weighted by Crippen LogP contribution is 2.46. The number of rotatable bonds is 4. The molecule has 2 aromatic heterocycles. The topological polar surface area (TPSA) is 83.0 Å². The van der Waals surface area contributed by atoms with E-state index in [1.165, 1.54) is 33.1 Å². The molecule has 1 amide bonds. The van der Waals surface area contributed by atoms with Crippen molar-refractivity contribution in [1.29, 1.82) is 0 Å². The number of likely N-dealkylation sites (N-methyl/N-ethyl adjacent to an activating group) is 1. The summed E-state index contributed by atoms with van der Waals surface area (Å²) in [6, 6.07) is 14.4. The Labute approximate surface area is 222 Å². The van der Waals surface area contributed by atoms with Crippen molar-refractivity contribution in [2.75, 3.05) is 30.0 Å². The zero-order valence-electron chi connectivity index (χ0n) is 20.6. The molecular weight excluding hydrogens is 506 g/mol. The Morgan fingerprint density at radius 1 is 1.16 bits per heavy atom. The molecule has 7 nitrogen and oxygen atoms in total. The lowest BCUT2D eigenvalue weighted by Gasteiger charge is -2.28. The molecule has 1 saturated heterocycles. The van der Waals surface area contributed by atoms with Gasteiger partial charge in [-0.25, -0.2) is 4.98 Å². The van der Waals surface area contributed by atoms with E-state index in [-0.39, 0.29) is 11.3 Å². The molecule has 4 aromatic rings. The lowest BCUT2D eigenvalue weighted by Crippen LogP contribution is -2.29. The van der Waals surface area contributed by atoms with E-state index in [1.807, 2.05) is 41.6 Å². The maximum atomic E-state index is 13.5. The molecule has 2 aromatic carbocycles. The summed E-state index contributed by atoms with van der Waals surface area (Å²) in [6.45, 7) is 5.55. The number of hydrogen-bond donors (Lipinski definition) is 1. The summed E-state index contributed by atoms with van der Waals surface area (Å²) < 4.78 is 6.67. The second kappa shape index (κ2) is 9.00. The van der Waals surface area contributed by atoms with Crippen LogP contribution in [0.2, 0.25) is 0 Å². The zero-order chi connectivity index (χ0) is 25.8. The summed E-state index contributed by atoms with van der Waals surface area (Å²) in [6.07, 6.45) is 0. The number of thiazole rings is 1. The van der Waals surface area contributed by atoms with Gasteiger partial charge in [0.2, 0.25) is 0 Å². The molecule has 188 valence electrons. The molecule has 1 fully saturated rings. The number of benzene rings is 2.